The maximum absolute atomic E-state index is 11.8. The Bertz CT molecular complexity index is 1180. The van der Waals surface area contributed by atoms with Crippen molar-refractivity contribution in [1.82, 2.24) is 0 Å². The van der Waals surface area contributed by atoms with Gasteiger partial charge in [-0.2, -0.15) is 0 Å². The molecule has 9 atom stereocenters. The second kappa shape index (κ2) is 15.6. The minimum Gasteiger partial charge on any atom is -0.411 e. The van der Waals surface area contributed by atoms with Crippen LogP contribution in [0.5, 0.6) is 0 Å². The quantitative estimate of drug-likeness (QED) is 0.165. The summed E-state index contributed by atoms with van der Waals surface area (Å²) in [5.74, 6) is 7.29. The highest BCUT2D eigenvalue weighted by Crippen LogP contribution is 2.65. The van der Waals surface area contributed by atoms with E-state index in [1.165, 1.54) is 147 Å². The van der Waals surface area contributed by atoms with Gasteiger partial charge in [-0.15, -0.1) is 12.4 Å². The molecule has 0 saturated heterocycles. The van der Waals surface area contributed by atoms with E-state index in [9.17, 15) is 9.59 Å². The van der Waals surface area contributed by atoms with Gasteiger partial charge in [0.15, 0.2) is 0 Å². The zero-order valence-corrected chi connectivity index (χ0v) is 33.3. The fraction of sp³-hybridized carbons (Fsp3) is 0.925. The number of hydrogen-bond donors (Lipinski definition) is 2. The zero-order chi connectivity index (χ0) is 32.8. The summed E-state index contributed by atoms with van der Waals surface area (Å²) < 4.78 is 0. The molecule has 8 bridgehead atoms. The van der Waals surface area contributed by atoms with E-state index in [0.29, 0.717) is 46.2 Å². The number of alkyl halides is 2. The summed E-state index contributed by atoms with van der Waals surface area (Å²) in [5, 5.41) is 14.8. The third kappa shape index (κ3) is 6.48. The Hall–Kier alpha value is 0.0200. The van der Waals surface area contributed by atoms with E-state index >= 15 is 0 Å². The van der Waals surface area contributed by atoms with Gasteiger partial charge in [-0.25, -0.2) is 0 Å². The Labute approximate surface area is 313 Å². The lowest BCUT2D eigenvalue weighted by Gasteiger charge is -2.49. The Morgan fingerprint density at radius 1 is 0.688 bits per heavy atom. The number of oxime groups is 1. The molecule has 0 unspecified atom stereocenters. The first-order valence-corrected chi connectivity index (χ1v) is 22.2. The largest absolute Gasteiger partial charge is 0.411 e. The van der Waals surface area contributed by atoms with Crippen molar-refractivity contribution in [3.05, 3.63) is 0 Å². The first-order chi connectivity index (χ1) is 22.8. The number of nitrogens with two attached hydrogens (primary N) is 1. The van der Waals surface area contributed by atoms with Gasteiger partial charge in [-0.05, 0) is 157 Å². The number of ketones is 2. The molecule has 11 saturated carbocycles. The molecule has 0 aromatic carbocycles. The standard InChI is InChI=1S/C10H15NO.C10H17N.C10H14O.C7H10O.C3H6Br2.ClH/c12-11-9-7-2-3-8(6-7)10(9)4-1-5-10;2*11-9-7-2-3-8(6-7)10(9)4-1-5-10;8-7-4-5-1-2-6(7)3-5;4-2-1-3-5;/h7-8,12H,1-6H2;7-9H,1-6,11H2;7-8H,1-6H2;5-6H,1-4H2;1-3H2;1H/b11-9-;;;;;/t7-,8+;7-,8+,9-;7-,8+;5-,6+;;/m1110../s1. The van der Waals surface area contributed by atoms with E-state index in [1.807, 2.05) is 0 Å². The van der Waals surface area contributed by atoms with Crippen molar-refractivity contribution in [2.45, 2.75) is 154 Å². The van der Waals surface area contributed by atoms with Crippen LogP contribution in [-0.2, 0) is 9.59 Å². The zero-order valence-electron chi connectivity index (χ0n) is 29.3. The van der Waals surface area contributed by atoms with Crippen LogP contribution in [0.2, 0.25) is 0 Å². The number of carbonyl (C=O) groups is 2. The molecule has 3 spiro atoms. The normalized spacial score (nSPS) is 41.6. The maximum atomic E-state index is 11.8. The van der Waals surface area contributed by atoms with E-state index in [-0.39, 0.29) is 17.8 Å². The van der Waals surface area contributed by atoms with E-state index in [4.69, 9.17) is 10.9 Å². The van der Waals surface area contributed by atoms with Gasteiger partial charge in [0.2, 0.25) is 0 Å². The van der Waals surface area contributed by atoms with Crippen LogP contribution in [0.15, 0.2) is 5.16 Å². The lowest BCUT2D eigenvalue weighted by Crippen LogP contribution is -2.50. The molecule has 5 nitrogen and oxygen atoms in total. The average Bonchev–Trinajstić information content (AvgIpc) is 3.86. The molecule has 0 heterocycles. The van der Waals surface area contributed by atoms with Gasteiger partial charge in [0.1, 0.15) is 11.6 Å². The Morgan fingerprint density at radius 3 is 1.58 bits per heavy atom. The molecular weight excluding hydrogens is 752 g/mol. The minimum absolute atomic E-state index is 0. The van der Waals surface area contributed by atoms with E-state index in [1.54, 1.807) is 0 Å². The van der Waals surface area contributed by atoms with Crippen molar-refractivity contribution in [3.63, 3.8) is 0 Å². The van der Waals surface area contributed by atoms with Gasteiger partial charge in [0.05, 0.1) is 5.71 Å². The monoisotopic (exact) mass is 812 g/mol. The lowest BCUT2D eigenvalue weighted by atomic mass is 9.58. The predicted molar refractivity (Wildman–Crippen MR) is 203 cm³/mol. The topological polar surface area (TPSA) is 92.8 Å². The minimum atomic E-state index is 0. The second-order valence-corrected chi connectivity index (χ2v) is 19.5. The van der Waals surface area contributed by atoms with Gasteiger partial charge in [0.25, 0.3) is 0 Å². The van der Waals surface area contributed by atoms with Crippen molar-refractivity contribution in [2.24, 2.45) is 74.5 Å². The number of hydrogen-bond acceptors (Lipinski definition) is 5. The fourth-order valence-electron chi connectivity index (χ4n) is 13.3. The molecule has 3 N–H and O–H groups in total. The molecular formula is C40H63Br2ClN2O3. The number of nitrogens with zero attached hydrogens (tertiary/aromatic N) is 1. The van der Waals surface area contributed by atoms with Crippen LogP contribution < -0.4 is 5.73 Å². The molecule has 0 aliphatic heterocycles. The molecule has 11 aliphatic rings. The molecule has 0 radical (unpaired) electrons. The summed E-state index contributed by atoms with van der Waals surface area (Å²) in [6, 6.07) is 0.593. The molecule has 11 rings (SSSR count). The molecule has 11 fully saturated rings. The fourth-order valence-corrected chi connectivity index (χ4v) is 14.6. The Morgan fingerprint density at radius 2 is 1.27 bits per heavy atom. The molecule has 0 amide bonds. The summed E-state index contributed by atoms with van der Waals surface area (Å²) in [7, 11) is 0. The van der Waals surface area contributed by atoms with Crippen LogP contribution in [-0.4, -0.2) is 39.2 Å². The molecule has 272 valence electrons. The summed E-state index contributed by atoms with van der Waals surface area (Å²) in [6.45, 7) is 0. The van der Waals surface area contributed by atoms with Crippen molar-refractivity contribution >= 4 is 61.5 Å². The number of rotatable bonds is 2. The van der Waals surface area contributed by atoms with Gasteiger partial charge < -0.3 is 10.9 Å². The number of carbonyl (C=O) groups excluding carboxylic acids is 2. The van der Waals surface area contributed by atoms with Gasteiger partial charge in [-0.3, -0.25) is 9.59 Å². The maximum Gasteiger partial charge on any atom is 0.142 e. The lowest BCUT2D eigenvalue weighted by molar-refractivity contribution is -0.137. The average molecular weight is 815 g/mol. The summed E-state index contributed by atoms with van der Waals surface area (Å²) in [4.78, 5) is 22.6. The smallest absolute Gasteiger partial charge is 0.142 e. The van der Waals surface area contributed by atoms with Crippen LogP contribution in [0.1, 0.15) is 148 Å². The Balaban J connectivity index is 0.000000107. The van der Waals surface area contributed by atoms with Gasteiger partial charge in [-0.1, -0.05) is 56.3 Å². The van der Waals surface area contributed by atoms with Crippen LogP contribution in [0.4, 0.5) is 0 Å². The molecule has 0 aromatic heterocycles. The second-order valence-electron chi connectivity index (χ2n) is 17.9. The van der Waals surface area contributed by atoms with Crippen LogP contribution in [0.25, 0.3) is 0 Å². The SMILES string of the molecule is BrCCCBr.Cl.N[C@@H]1[C@@H]2CC[C@@H](C2)C12CCC2.O/N=C1/[C@@H]2CC[C@@H](C2)C12CCC2.O=C1C[C@H]2CC[C@@H]1C2.O=C1[C@@H]2CC[C@@H](C2)C12CCC2. The number of fused-ring (bicyclic) bond motifs is 11. The summed E-state index contributed by atoms with van der Waals surface area (Å²) in [5.41, 5.74) is 8.75. The molecule has 11 aliphatic carbocycles. The molecule has 8 heteroatoms. The summed E-state index contributed by atoms with van der Waals surface area (Å²) in [6.07, 6.45) is 30.2. The van der Waals surface area contributed by atoms with Crippen LogP contribution in [0.3, 0.4) is 0 Å². The van der Waals surface area contributed by atoms with Gasteiger partial charge in [0, 0.05) is 51.7 Å². The molecule has 48 heavy (non-hydrogen) atoms. The first kappa shape index (κ1) is 37.8. The Kier molecular flexibility index (Phi) is 12.2. The van der Waals surface area contributed by atoms with E-state index in [0.717, 1.165) is 46.7 Å². The summed E-state index contributed by atoms with van der Waals surface area (Å²) >= 11 is 6.56. The molecule has 0 aromatic rings. The number of halogens is 3. The number of Topliss-reactive ketones (excluding diaryl/α,β-unsaturated/α-hetero) is 2. The van der Waals surface area contributed by atoms with Gasteiger partial charge >= 0.3 is 0 Å². The van der Waals surface area contributed by atoms with E-state index < -0.39 is 0 Å². The third-order valence-corrected chi connectivity index (χ3v) is 17.4. The highest BCUT2D eigenvalue weighted by atomic mass is 79.9. The predicted octanol–water partition coefficient (Wildman–Crippen LogP) is 10.4. The van der Waals surface area contributed by atoms with Crippen molar-refractivity contribution in [1.29, 1.82) is 0 Å². The van der Waals surface area contributed by atoms with Crippen molar-refractivity contribution in [2.75, 3.05) is 10.7 Å². The van der Waals surface area contributed by atoms with Crippen molar-refractivity contribution in [3.8, 4) is 0 Å². The van der Waals surface area contributed by atoms with Crippen LogP contribution >= 0.6 is 44.3 Å². The highest BCUT2D eigenvalue weighted by molar-refractivity contribution is 9.09. The van der Waals surface area contributed by atoms with E-state index in [2.05, 4.69) is 37.0 Å². The van der Waals surface area contributed by atoms with Crippen molar-refractivity contribution < 1.29 is 14.8 Å². The first-order valence-electron chi connectivity index (χ1n) is 20.0. The highest BCUT2D eigenvalue weighted by Gasteiger charge is 2.61. The third-order valence-electron chi connectivity index (χ3n) is 16.3. The van der Waals surface area contributed by atoms with Crippen LogP contribution in [0, 0.1) is 63.6 Å².